The van der Waals surface area contributed by atoms with Crippen molar-refractivity contribution in [1.29, 1.82) is 5.26 Å². The van der Waals surface area contributed by atoms with Gasteiger partial charge in [-0.2, -0.15) is 5.26 Å². The number of carbonyl (C=O) groups is 2. The fourth-order valence-electron chi connectivity index (χ4n) is 4.43. The van der Waals surface area contributed by atoms with Crippen LogP contribution in [-0.4, -0.2) is 53.7 Å². The van der Waals surface area contributed by atoms with Gasteiger partial charge in [-0.25, -0.2) is 4.79 Å². The summed E-state index contributed by atoms with van der Waals surface area (Å²) < 4.78 is 5.48. The van der Waals surface area contributed by atoms with E-state index >= 15 is 0 Å². The fourth-order valence-corrected chi connectivity index (χ4v) is 4.43. The van der Waals surface area contributed by atoms with Crippen LogP contribution in [0.1, 0.15) is 56.1 Å². The van der Waals surface area contributed by atoms with Gasteiger partial charge in [0.2, 0.25) is 0 Å². The van der Waals surface area contributed by atoms with Crippen molar-refractivity contribution in [3.05, 3.63) is 53.3 Å². The van der Waals surface area contributed by atoms with E-state index in [1.165, 1.54) is 0 Å². The van der Waals surface area contributed by atoms with Crippen molar-refractivity contribution in [3.8, 4) is 6.07 Å². The van der Waals surface area contributed by atoms with Crippen molar-refractivity contribution in [2.24, 2.45) is 0 Å². The summed E-state index contributed by atoms with van der Waals surface area (Å²) in [6.45, 7) is 11.9. The van der Waals surface area contributed by atoms with Gasteiger partial charge in [0, 0.05) is 31.7 Å². The summed E-state index contributed by atoms with van der Waals surface area (Å²) in [4.78, 5) is 35.7. The van der Waals surface area contributed by atoms with Crippen LogP contribution in [0.3, 0.4) is 0 Å². The van der Waals surface area contributed by atoms with Crippen LogP contribution < -0.4 is 9.80 Å². The van der Waals surface area contributed by atoms with Gasteiger partial charge < -0.3 is 14.5 Å². The van der Waals surface area contributed by atoms with Crippen LogP contribution in [-0.2, 0) is 10.3 Å². The second-order valence-corrected chi connectivity index (χ2v) is 9.93. The largest absolute Gasteiger partial charge is 0.444 e. The quantitative estimate of drug-likeness (QED) is 0.694. The zero-order valence-corrected chi connectivity index (χ0v) is 19.8. The lowest BCUT2D eigenvalue weighted by atomic mass is 9.92. The van der Waals surface area contributed by atoms with E-state index in [0.717, 1.165) is 11.3 Å². The number of rotatable bonds is 2. The van der Waals surface area contributed by atoms with Gasteiger partial charge >= 0.3 is 6.09 Å². The number of ether oxygens (including phenoxy) is 1. The van der Waals surface area contributed by atoms with Gasteiger partial charge in [-0.1, -0.05) is 0 Å². The van der Waals surface area contributed by atoms with E-state index in [9.17, 15) is 14.9 Å². The molecule has 2 aliphatic rings. The minimum absolute atomic E-state index is 0.104. The lowest BCUT2D eigenvalue weighted by Crippen LogP contribution is -2.50. The Hall–Kier alpha value is -3.60. The third-order valence-electron chi connectivity index (χ3n) is 6.06. The number of fused-ring (bicyclic) bond motifs is 1. The van der Waals surface area contributed by atoms with Gasteiger partial charge in [0.15, 0.2) is 0 Å². The van der Waals surface area contributed by atoms with Gasteiger partial charge in [0.25, 0.3) is 5.91 Å². The molecule has 3 heterocycles. The number of amides is 2. The molecule has 0 atom stereocenters. The van der Waals surface area contributed by atoms with Gasteiger partial charge in [-0.15, -0.1) is 0 Å². The Labute approximate surface area is 194 Å². The first kappa shape index (κ1) is 22.6. The highest BCUT2D eigenvalue weighted by Crippen LogP contribution is 2.42. The van der Waals surface area contributed by atoms with E-state index in [2.05, 4.69) is 16.0 Å². The van der Waals surface area contributed by atoms with Crippen molar-refractivity contribution in [2.75, 3.05) is 36.0 Å². The second kappa shape index (κ2) is 8.07. The molecule has 1 fully saturated rings. The summed E-state index contributed by atoms with van der Waals surface area (Å²) in [7, 11) is 0. The van der Waals surface area contributed by atoms with Gasteiger partial charge in [-0.3, -0.25) is 14.7 Å². The molecule has 0 saturated carbocycles. The number of nitrogens with zero attached hydrogens (tertiary/aromatic N) is 5. The molecule has 2 amide bonds. The number of carbonyl (C=O) groups excluding carboxylic acids is 2. The molecule has 2 aromatic rings. The Kier molecular flexibility index (Phi) is 5.52. The zero-order valence-electron chi connectivity index (χ0n) is 19.8. The van der Waals surface area contributed by atoms with E-state index < -0.39 is 11.1 Å². The predicted molar refractivity (Wildman–Crippen MR) is 125 cm³/mol. The van der Waals surface area contributed by atoms with Crippen LogP contribution >= 0.6 is 0 Å². The average molecular weight is 448 g/mol. The first-order valence-electron chi connectivity index (χ1n) is 11.1. The average Bonchev–Trinajstić information content (AvgIpc) is 2.97. The molecule has 4 rings (SSSR count). The normalized spacial score (nSPS) is 17.6. The Morgan fingerprint density at radius 2 is 1.76 bits per heavy atom. The van der Waals surface area contributed by atoms with Crippen LogP contribution in [0.2, 0.25) is 0 Å². The fraction of sp³-hybridized carbons (Fsp3) is 0.440. The Balaban J connectivity index is 1.53. The summed E-state index contributed by atoms with van der Waals surface area (Å²) in [6, 6.07) is 9.31. The molecular weight excluding hydrogens is 418 g/mol. The van der Waals surface area contributed by atoms with Crippen LogP contribution in [0.4, 0.5) is 16.2 Å². The molecule has 0 N–H and O–H groups in total. The molecule has 0 radical (unpaired) electrons. The molecule has 1 aromatic heterocycles. The van der Waals surface area contributed by atoms with E-state index in [0.29, 0.717) is 43.0 Å². The number of hydrogen-bond acceptors (Lipinski definition) is 6. The number of aromatic nitrogens is 1. The SMILES string of the molecule is CC(C)(C)OC(=O)N1CCN(c2cncc(N3C(=O)c4ccc(C#N)cc4C3(C)C)c2)CC1. The van der Waals surface area contributed by atoms with Crippen molar-refractivity contribution >= 4 is 23.4 Å². The molecule has 8 heteroatoms. The standard InChI is InChI=1S/C25H29N5O3/c1-24(2,3)33-23(32)29-10-8-28(9-11-29)18-13-19(16-27-15-18)30-22(31)20-7-6-17(14-26)12-21(20)25(30,4)5/h6-7,12-13,15-16H,8-11H2,1-5H3. The molecule has 0 bridgehead atoms. The minimum atomic E-state index is -0.616. The molecule has 8 nitrogen and oxygen atoms in total. The first-order chi connectivity index (χ1) is 15.5. The molecule has 172 valence electrons. The van der Waals surface area contributed by atoms with Gasteiger partial charge in [0.1, 0.15) is 5.60 Å². The maximum atomic E-state index is 13.3. The maximum absolute atomic E-state index is 13.3. The third-order valence-corrected chi connectivity index (χ3v) is 6.06. The number of nitriles is 1. The molecule has 0 spiro atoms. The lowest BCUT2D eigenvalue weighted by Gasteiger charge is -2.37. The summed E-state index contributed by atoms with van der Waals surface area (Å²) >= 11 is 0. The molecule has 1 saturated heterocycles. The van der Waals surface area contributed by atoms with Crippen LogP contribution in [0, 0.1) is 11.3 Å². The molecule has 1 aromatic carbocycles. The molecule has 0 unspecified atom stereocenters. The van der Waals surface area contributed by atoms with E-state index in [4.69, 9.17) is 4.74 Å². The number of benzene rings is 1. The molecule has 2 aliphatic heterocycles. The number of anilines is 2. The Morgan fingerprint density at radius 1 is 1.09 bits per heavy atom. The van der Waals surface area contributed by atoms with E-state index in [1.807, 2.05) is 40.7 Å². The highest BCUT2D eigenvalue weighted by atomic mass is 16.6. The topological polar surface area (TPSA) is 89.8 Å². The summed E-state index contributed by atoms with van der Waals surface area (Å²) in [5, 5.41) is 9.28. The first-order valence-corrected chi connectivity index (χ1v) is 11.1. The number of hydrogen-bond donors (Lipinski definition) is 0. The minimum Gasteiger partial charge on any atom is -0.444 e. The Bertz CT molecular complexity index is 1140. The van der Waals surface area contributed by atoms with Crippen molar-refractivity contribution in [2.45, 2.75) is 45.8 Å². The second-order valence-electron chi connectivity index (χ2n) is 9.93. The maximum Gasteiger partial charge on any atom is 0.410 e. The van der Waals surface area contributed by atoms with Crippen molar-refractivity contribution in [3.63, 3.8) is 0 Å². The monoisotopic (exact) mass is 447 g/mol. The highest BCUT2D eigenvalue weighted by Gasteiger charge is 2.44. The highest BCUT2D eigenvalue weighted by molar-refractivity contribution is 6.12. The number of pyridine rings is 1. The van der Waals surface area contributed by atoms with Gasteiger partial charge in [0.05, 0.1) is 40.9 Å². The summed E-state index contributed by atoms with van der Waals surface area (Å²) in [5.41, 5.74) is 2.44. The summed E-state index contributed by atoms with van der Waals surface area (Å²) in [5.74, 6) is -0.104. The van der Waals surface area contributed by atoms with Crippen LogP contribution in [0.5, 0.6) is 0 Å². The van der Waals surface area contributed by atoms with Crippen molar-refractivity contribution < 1.29 is 14.3 Å². The third kappa shape index (κ3) is 4.23. The van der Waals surface area contributed by atoms with E-state index in [1.54, 1.807) is 40.4 Å². The Morgan fingerprint density at radius 3 is 2.39 bits per heavy atom. The van der Waals surface area contributed by atoms with E-state index in [-0.39, 0.29) is 12.0 Å². The predicted octanol–water partition coefficient (Wildman–Crippen LogP) is 3.91. The lowest BCUT2D eigenvalue weighted by molar-refractivity contribution is 0.0240. The smallest absolute Gasteiger partial charge is 0.410 e. The molecular formula is C25H29N5O3. The molecule has 0 aliphatic carbocycles. The van der Waals surface area contributed by atoms with Crippen molar-refractivity contribution in [1.82, 2.24) is 9.88 Å². The van der Waals surface area contributed by atoms with Crippen LogP contribution in [0.25, 0.3) is 0 Å². The van der Waals surface area contributed by atoms with Gasteiger partial charge in [-0.05, 0) is 64.4 Å². The molecule has 33 heavy (non-hydrogen) atoms. The number of piperazine rings is 1. The zero-order chi connectivity index (χ0) is 24.0. The summed E-state index contributed by atoms with van der Waals surface area (Å²) in [6.07, 6.45) is 3.17. The van der Waals surface area contributed by atoms with Crippen LogP contribution in [0.15, 0.2) is 36.7 Å².